The van der Waals surface area contributed by atoms with Gasteiger partial charge in [0.2, 0.25) is 0 Å². The van der Waals surface area contributed by atoms with E-state index in [1.165, 1.54) is 0 Å². The first-order chi connectivity index (χ1) is 9.60. The Morgan fingerprint density at radius 3 is 1.90 bits per heavy atom. The van der Waals surface area contributed by atoms with Gasteiger partial charge >= 0.3 is 0 Å². The van der Waals surface area contributed by atoms with Crippen LogP contribution in [0.1, 0.15) is 23.1 Å². The minimum atomic E-state index is -1.37. The molecule has 1 saturated heterocycles. The molecule has 0 aliphatic carbocycles. The third kappa shape index (κ3) is 2.33. The SMILES string of the molecule is OC1OC(c2ccccc2)C(c2ccccc2)C1(Cl)Cl. The standard InChI is InChI=1S/C16H14Cl2O2/c17-16(18)13(11-7-3-1-4-8-11)14(20-15(16)19)12-9-5-2-6-10-12/h1-10,13-15,19H. The van der Waals surface area contributed by atoms with E-state index >= 15 is 0 Å². The summed E-state index contributed by atoms with van der Waals surface area (Å²) in [6, 6.07) is 19.3. The normalized spacial score (nSPS) is 28.4. The van der Waals surface area contributed by atoms with Crippen LogP contribution in [0, 0.1) is 0 Å². The average molecular weight is 309 g/mol. The van der Waals surface area contributed by atoms with Crippen molar-refractivity contribution in [1.82, 2.24) is 0 Å². The molecule has 2 aromatic carbocycles. The molecule has 3 unspecified atom stereocenters. The molecule has 0 radical (unpaired) electrons. The zero-order valence-corrected chi connectivity index (χ0v) is 12.1. The maximum absolute atomic E-state index is 10.0. The first-order valence-electron chi connectivity index (χ1n) is 6.42. The van der Waals surface area contributed by atoms with Crippen LogP contribution < -0.4 is 0 Å². The first kappa shape index (κ1) is 13.9. The van der Waals surface area contributed by atoms with Crippen molar-refractivity contribution in [2.75, 3.05) is 0 Å². The van der Waals surface area contributed by atoms with Gasteiger partial charge in [0.05, 0.1) is 12.0 Å². The highest BCUT2D eigenvalue weighted by Crippen LogP contribution is 2.55. The fourth-order valence-corrected chi connectivity index (χ4v) is 3.22. The molecule has 0 aromatic heterocycles. The van der Waals surface area contributed by atoms with Crippen LogP contribution in [0.5, 0.6) is 0 Å². The molecule has 0 saturated carbocycles. The van der Waals surface area contributed by atoms with Gasteiger partial charge in [-0.2, -0.15) is 0 Å². The van der Waals surface area contributed by atoms with Crippen LogP contribution in [0.15, 0.2) is 60.7 Å². The first-order valence-corrected chi connectivity index (χ1v) is 7.17. The van der Waals surface area contributed by atoms with E-state index in [2.05, 4.69) is 0 Å². The molecule has 20 heavy (non-hydrogen) atoms. The molecule has 1 heterocycles. The summed E-state index contributed by atoms with van der Waals surface area (Å²) in [4.78, 5) is 0. The third-order valence-corrected chi connectivity index (χ3v) is 4.45. The highest BCUT2D eigenvalue weighted by Gasteiger charge is 2.55. The molecule has 1 aliphatic rings. The summed E-state index contributed by atoms with van der Waals surface area (Å²) in [5.74, 6) is -0.329. The Hall–Kier alpha value is -1.06. The molecule has 1 N–H and O–H groups in total. The van der Waals surface area contributed by atoms with Gasteiger partial charge in [0.25, 0.3) is 0 Å². The molecule has 2 nitrogen and oxygen atoms in total. The summed E-state index contributed by atoms with van der Waals surface area (Å²) in [5, 5.41) is 10.0. The van der Waals surface area contributed by atoms with Gasteiger partial charge in [-0.05, 0) is 11.1 Å². The zero-order valence-electron chi connectivity index (χ0n) is 10.6. The molecule has 104 valence electrons. The Morgan fingerprint density at radius 1 is 0.850 bits per heavy atom. The molecule has 4 heteroatoms. The average Bonchev–Trinajstić information content (AvgIpc) is 2.71. The fourth-order valence-electron chi connectivity index (χ4n) is 2.63. The molecule has 0 bridgehead atoms. The second-order valence-corrected chi connectivity index (χ2v) is 6.33. The van der Waals surface area contributed by atoms with E-state index in [-0.39, 0.29) is 12.0 Å². The Balaban J connectivity index is 2.06. The van der Waals surface area contributed by atoms with E-state index in [0.29, 0.717) is 0 Å². The predicted octanol–water partition coefficient (Wildman–Crippen LogP) is 4.03. The van der Waals surface area contributed by atoms with E-state index in [1.807, 2.05) is 60.7 Å². The van der Waals surface area contributed by atoms with Gasteiger partial charge in [0, 0.05) is 0 Å². The number of rotatable bonds is 2. The largest absolute Gasteiger partial charge is 0.365 e. The minimum absolute atomic E-state index is 0.329. The molecule has 2 aromatic rings. The number of aliphatic hydroxyl groups is 1. The van der Waals surface area contributed by atoms with Gasteiger partial charge < -0.3 is 9.84 Å². The van der Waals surface area contributed by atoms with Gasteiger partial charge in [-0.1, -0.05) is 83.9 Å². The topological polar surface area (TPSA) is 29.5 Å². The van der Waals surface area contributed by atoms with Crippen molar-refractivity contribution in [3.8, 4) is 0 Å². The summed E-state index contributed by atoms with van der Waals surface area (Å²) < 4.78 is 4.25. The Morgan fingerprint density at radius 2 is 1.35 bits per heavy atom. The van der Waals surface area contributed by atoms with Crippen molar-refractivity contribution < 1.29 is 9.84 Å². The van der Waals surface area contributed by atoms with E-state index in [0.717, 1.165) is 11.1 Å². The molecular formula is C16H14Cl2O2. The van der Waals surface area contributed by atoms with Gasteiger partial charge in [0.15, 0.2) is 10.6 Å². The van der Waals surface area contributed by atoms with E-state index in [1.54, 1.807) is 0 Å². The predicted molar refractivity (Wildman–Crippen MR) is 79.9 cm³/mol. The lowest BCUT2D eigenvalue weighted by Crippen LogP contribution is -2.30. The van der Waals surface area contributed by atoms with Crippen molar-refractivity contribution in [3.63, 3.8) is 0 Å². The number of halogens is 2. The summed E-state index contributed by atoms with van der Waals surface area (Å²) >= 11 is 12.7. The van der Waals surface area contributed by atoms with Crippen LogP contribution in [0.25, 0.3) is 0 Å². The van der Waals surface area contributed by atoms with Crippen LogP contribution >= 0.6 is 23.2 Å². The monoisotopic (exact) mass is 308 g/mol. The Kier molecular flexibility index (Phi) is 3.74. The summed E-state index contributed by atoms with van der Waals surface area (Å²) in [6.07, 6.45) is -1.59. The Bertz CT molecular complexity index is 572. The third-order valence-electron chi connectivity index (χ3n) is 3.61. The van der Waals surface area contributed by atoms with Crippen LogP contribution in [-0.2, 0) is 4.74 Å². The lowest BCUT2D eigenvalue weighted by molar-refractivity contribution is -0.0949. The number of aliphatic hydroxyl groups excluding tert-OH is 1. The van der Waals surface area contributed by atoms with E-state index in [4.69, 9.17) is 27.9 Å². The molecular weight excluding hydrogens is 295 g/mol. The van der Waals surface area contributed by atoms with Gasteiger partial charge in [-0.15, -0.1) is 0 Å². The molecule has 1 fully saturated rings. The molecule has 0 spiro atoms. The van der Waals surface area contributed by atoms with Gasteiger partial charge in [-0.3, -0.25) is 0 Å². The van der Waals surface area contributed by atoms with E-state index < -0.39 is 10.6 Å². The quantitative estimate of drug-likeness (QED) is 0.849. The van der Waals surface area contributed by atoms with Crippen molar-refractivity contribution in [2.24, 2.45) is 0 Å². The van der Waals surface area contributed by atoms with Crippen LogP contribution in [-0.4, -0.2) is 15.7 Å². The lowest BCUT2D eigenvalue weighted by atomic mass is 9.88. The maximum Gasteiger partial charge on any atom is 0.189 e. The lowest BCUT2D eigenvalue weighted by Gasteiger charge is -2.25. The zero-order chi connectivity index (χ0) is 14.2. The Labute approximate surface area is 127 Å². The van der Waals surface area contributed by atoms with Gasteiger partial charge in [-0.25, -0.2) is 0 Å². The summed E-state index contributed by atoms with van der Waals surface area (Å²) in [7, 11) is 0. The second kappa shape index (κ2) is 5.38. The van der Waals surface area contributed by atoms with Crippen LogP contribution in [0.4, 0.5) is 0 Å². The fraction of sp³-hybridized carbons (Fsp3) is 0.250. The maximum atomic E-state index is 10.0. The van der Waals surface area contributed by atoms with E-state index in [9.17, 15) is 5.11 Å². The molecule has 0 amide bonds. The van der Waals surface area contributed by atoms with Crippen molar-refractivity contribution in [2.45, 2.75) is 22.6 Å². The number of ether oxygens (including phenoxy) is 1. The smallest absolute Gasteiger partial charge is 0.189 e. The number of alkyl halides is 2. The van der Waals surface area contributed by atoms with Crippen molar-refractivity contribution in [1.29, 1.82) is 0 Å². The van der Waals surface area contributed by atoms with Crippen molar-refractivity contribution in [3.05, 3.63) is 71.8 Å². The minimum Gasteiger partial charge on any atom is -0.365 e. The van der Waals surface area contributed by atoms with Crippen molar-refractivity contribution >= 4 is 23.2 Å². The summed E-state index contributed by atoms with van der Waals surface area (Å²) in [5.41, 5.74) is 1.89. The second-order valence-electron chi connectivity index (χ2n) is 4.88. The summed E-state index contributed by atoms with van der Waals surface area (Å²) in [6.45, 7) is 0. The van der Waals surface area contributed by atoms with Crippen LogP contribution in [0.2, 0.25) is 0 Å². The number of benzene rings is 2. The molecule has 1 aliphatic heterocycles. The highest BCUT2D eigenvalue weighted by atomic mass is 35.5. The highest BCUT2D eigenvalue weighted by molar-refractivity contribution is 6.49. The van der Waals surface area contributed by atoms with Gasteiger partial charge in [0.1, 0.15) is 0 Å². The molecule has 3 rings (SSSR count). The molecule has 3 atom stereocenters. The van der Waals surface area contributed by atoms with Crippen LogP contribution in [0.3, 0.4) is 0 Å². The number of hydrogen-bond donors (Lipinski definition) is 1. The number of hydrogen-bond acceptors (Lipinski definition) is 2.